The van der Waals surface area contributed by atoms with E-state index in [-0.39, 0.29) is 6.04 Å². The highest BCUT2D eigenvalue weighted by Crippen LogP contribution is 2.18. The van der Waals surface area contributed by atoms with Crippen LogP contribution < -0.4 is 5.73 Å². The van der Waals surface area contributed by atoms with Crippen molar-refractivity contribution in [3.05, 3.63) is 48.6 Å². The van der Waals surface area contributed by atoms with Crippen LogP contribution in [0.3, 0.4) is 0 Å². The fraction of sp³-hybridized carbons (Fsp3) is 0.273. The van der Waals surface area contributed by atoms with Crippen LogP contribution in [0.5, 0.6) is 0 Å². The van der Waals surface area contributed by atoms with Gasteiger partial charge in [0.05, 0.1) is 0 Å². The Balaban J connectivity index is 2.78. The maximum Gasteiger partial charge on any atom is 0.0355 e. The minimum Gasteiger partial charge on any atom is -0.323 e. The molecular weight excluding hydrogens is 146 g/mol. The summed E-state index contributed by atoms with van der Waals surface area (Å²) < 4.78 is 0. The van der Waals surface area contributed by atoms with E-state index >= 15 is 0 Å². The molecule has 64 valence electrons. The molecule has 1 aromatic carbocycles. The summed E-state index contributed by atoms with van der Waals surface area (Å²) in [5.74, 6) is 0.326. The molecule has 0 heterocycles. The maximum atomic E-state index is 5.98. The number of nitrogens with two attached hydrogens (primary N) is 1. The average Bonchev–Trinajstić information content (AvgIpc) is 2.17. The molecule has 0 spiro atoms. The van der Waals surface area contributed by atoms with Crippen molar-refractivity contribution < 1.29 is 0 Å². The molecule has 0 bridgehead atoms. The summed E-state index contributed by atoms with van der Waals surface area (Å²) in [6, 6.07) is 10.2. The van der Waals surface area contributed by atoms with Crippen LogP contribution in [0.25, 0.3) is 0 Å². The molecular formula is C11H15N. The van der Waals surface area contributed by atoms with Gasteiger partial charge in [0, 0.05) is 6.04 Å². The zero-order chi connectivity index (χ0) is 8.97. The van der Waals surface area contributed by atoms with Crippen LogP contribution in [-0.2, 0) is 0 Å². The van der Waals surface area contributed by atoms with Gasteiger partial charge in [-0.15, -0.1) is 6.58 Å². The van der Waals surface area contributed by atoms with Gasteiger partial charge in [-0.1, -0.05) is 43.3 Å². The third-order valence-corrected chi connectivity index (χ3v) is 2.12. The lowest BCUT2D eigenvalue weighted by atomic mass is 9.96. The molecule has 0 aromatic heterocycles. The van der Waals surface area contributed by atoms with Crippen molar-refractivity contribution >= 4 is 0 Å². The molecule has 0 aliphatic carbocycles. The SMILES string of the molecule is C=C[C@H](C)[C@H](N)c1ccccc1. The number of benzene rings is 1. The Morgan fingerprint density at radius 2 is 1.92 bits per heavy atom. The van der Waals surface area contributed by atoms with Gasteiger partial charge in [0.15, 0.2) is 0 Å². The van der Waals surface area contributed by atoms with Crippen LogP contribution in [0.15, 0.2) is 43.0 Å². The Hall–Kier alpha value is -1.08. The van der Waals surface area contributed by atoms with Crippen LogP contribution in [0.1, 0.15) is 18.5 Å². The summed E-state index contributed by atoms with van der Waals surface area (Å²) in [5, 5.41) is 0. The lowest BCUT2D eigenvalue weighted by molar-refractivity contribution is 0.568. The van der Waals surface area contributed by atoms with E-state index in [0.717, 1.165) is 0 Å². The maximum absolute atomic E-state index is 5.98. The fourth-order valence-electron chi connectivity index (χ4n) is 1.13. The summed E-state index contributed by atoms with van der Waals surface area (Å²) in [6.07, 6.45) is 1.89. The van der Waals surface area contributed by atoms with Crippen LogP contribution in [0, 0.1) is 5.92 Å². The molecule has 0 saturated carbocycles. The van der Waals surface area contributed by atoms with Crippen molar-refractivity contribution in [2.24, 2.45) is 11.7 Å². The van der Waals surface area contributed by atoms with Crippen molar-refractivity contribution in [3.8, 4) is 0 Å². The predicted octanol–water partition coefficient (Wildman–Crippen LogP) is 2.51. The first-order valence-corrected chi connectivity index (χ1v) is 4.18. The van der Waals surface area contributed by atoms with Gasteiger partial charge in [-0.2, -0.15) is 0 Å². The third-order valence-electron chi connectivity index (χ3n) is 2.12. The summed E-state index contributed by atoms with van der Waals surface area (Å²) in [5.41, 5.74) is 7.15. The van der Waals surface area contributed by atoms with Crippen molar-refractivity contribution in [2.45, 2.75) is 13.0 Å². The molecule has 0 aliphatic heterocycles. The standard InChI is InChI=1S/C11H15N/c1-3-9(2)11(12)10-7-5-4-6-8-10/h3-9,11H,1,12H2,2H3/t9-,11-/m0/s1. The first kappa shape index (κ1) is 9.01. The highest BCUT2D eigenvalue weighted by atomic mass is 14.6. The minimum atomic E-state index is 0.0729. The average molecular weight is 161 g/mol. The Morgan fingerprint density at radius 1 is 1.33 bits per heavy atom. The Bertz CT molecular complexity index is 240. The Morgan fingerprint density at radius 3 is 2.42 bits per heavy atom. The number of hydrogen-bond donors (Lipinski definition) is 1. The lowest BCUT2D eigenvalue weighted by Crippen LogP contribution is -2.16. The largest absolute Gasteiger partial charge is 0.323 e. The van der Waals surface area contributed by atoms with Gasteiger partial charge in [0.2, 0.25) is 0 Å². The second-order valence-corrected chi connectivity index (χ2v) is 3.03. The van der Waals surface area contributed by atoms with Gasteiger partial charge in [0.1, 0.15) is 0 Å². The van der Waals surface area contributed by atoms with E-state index in [9.17, 15) is 0 Å². The van der Waals surface area contributed by atoms with Crippen molar-refractivity contribution in [1.29, 1.82) is 0 Å². The van der Waals surface area contributed by atoms with Crippen LogP contribution in [-0.4, -0.2) is 0 Å². The van der Waals surface area contributed by atoms with E-state index in [0.29, 0.717) is 5.92 Å². The van der Waals surface area contributed by atoms with Gasteiger partial charge in [-0.05, 0) is 11.5 Å². The Labute approximate surface area is 73.9 Å². The van der Waals surface area contributed by atoms with Gasteiger partial charge < -0.3 is 5.73 Å². The molecule has 0 saturated heterocycles. The van der Waals surface area contributed by atoms with E-state index < -0.39 is 0 Å². The molecule has 12 heavy (non-hydrogen) atoms. The van der Waals surface area contributed by atoms with Gasteiger partial charge >= 0.3 is 0 Å². The third kappa shape index (κ3) is 1.95. The Kier molecular flexibility index (Phi) is 3.06. The number of hydrogen-bond acceptors (Lipinski definition) is 1. The second-order valence-electron chi connectivity index (χ2n) is 3.03. The molecule has 0 radical (unpaired) electrons. The van der Waals surface area contributed by atoms with Crippen LogP contribution in [0.2, 0.25) is 0 Å². The smallest absolute Gasteiger partial charge is 0.0355 e. The molecule has 0 amide bonds. The summed E-state index contributed by atoms with van der Waals surface area (Å²) in [4.78, 5) is 0. The molecule has 2 atom stereocenters. The molecule has 1 rings (SSSR count). The quantitative estimate of drug-likeness (QED) is 0.677. The highest BCUT2D eigenvalue weighted by molar-refractivity contribution is 5.19. The lowest BCUT2D eigenvalue weighted by Gasteiger charge is -2.16. The summed E-state index contributed by atoms with van der Waals surface area (Å²) in [7, 11) is 0. The zero-order valence-corrected chi connectivity index (χ0v) is 7.40. The molecule has 1 nitrogen and oxygen atoms in total. The normalized spacial score (nSPS) is 15.2. The monoisotopic (exact) mass is 161 g/mol. The van der Waals surface area contributed by atoms with E-state index in [4.69, 9.17) is 5.73 Å². The molecule has 0 unspecified atom stereocenters. The topological polar surface area (TPSA) is 26.0 Å². The highest BCUT2D eigenvalue weighted by Gasteiger charge is 2.10. The number of rotatable bonds is 3. The fourth-order valence-corrected chi connectivity index (χ4v) is 1.13. The molecule has 0 fully saturated rings. The van der Waals surface area contributed by atoms with Crippen molar-refractivity contribution in [3.63, 3.8) is 0 Å². The first-order valence-electron chi connectivity index (χ1n) is 4.18. The van der Waals surface area contributed by atoms with Gasteiger partial charge in [-0.25, -0.2) is 0 Å². The molecule has 2 N–H and O–H groups in total. The van der Waals surface area contributed by atoms with E-state index in [1.165, 1.54) is 5.56 Å². The van der Waals surface area contributed by atoms with Crippen LogP contribution >= 0.6 is 0 Å². The second kappa shape index (κ2) is 4.07. The van der Waals surface area contributed by atoms with E-state index in [1.54, 1.807) is 0 Å². The summed E-state index contributed by atoms with van der Waals surface area (Å²) in [6.45, 7) is 5.80. The van der Waals surface area contributed by atoms with Crippen molar-refractivity contribution in [1.82, 2.24) is 0 Å². The molecule has 0 aliphatic rings. The summed E-state index contributed by atoms with van der Waals surface area (Å²) >= 11 is 0. The van der Waals surface area contributed by atoms with Crippen molar-refractivity contribution in [2.75, 3.05) is 0 Å². The van der Waals surface area contributed by atoms with Gasteiger partial charge in [-0.3, -0.25) is 0 Å². The molecule has 1 aromatic rings. The first-order chi connectivity index (χ1) is 5.75. The minimum absolute atomic E-state index is 0.0729. The molecule has 1 heteroatoms. The van der Waals surface area contributed by atoms with Crippen LogP contribution in [0.4, 0.5) is 0 Å². The van der Waals surface area contributed by atoms with E-state index in [1.807, 2.05) is 36.4 Å². The zero-order valence-electron chi connectivity index (χ0n) is 7.40. The predicted molar refractivity (Wildman–Crippen MR) is 52.7 cm³/mol. The van der Waals surface area contributed by atoms with E-state index in [2.05, 4.69) is 13.5 Å². The van der Waals surface area contributed by atoms with Gasteiger partial charge in [0.25, 0.3) is 0 Å².